The highest BCUT2D eigenvalue weighted by atomic mass is 16.4. The molecular formula is C13H15NO3. The fourth-order valence-corrected chi connectivity index (χ4v) is 2.19. The van der Waals surface area contributed by atoms with E-state index in [0.717, 1.165) is 18.4 Å². The molecule has 1 aromatic rings. The molecule has 1 aliphatic rings. The first-order valence-corrected chi connectivity index (χ1v) is 5.66. The van der Waals surface area contributed by atoms with Gasteiger partial charge in [-0.3, -0.25) is 4.79 Å². The fourth-order valence-electron chi connectivity index (χ4n) is 2.19. The van der Waals surface area contributed by atoms with Crippen LogP contribution in [0.3, 0.4) is 0 Å². The van der Waals surface area contributed by atoms with Gasteiger partial charge >= 0.3 is 5.97 Å². The summed E-state index contributed by atoms with van der Waals surface area (Å²) in [5, 5.41) is 11.7. The second-order valence-electron chi connectivity index (χ2n) is 4.49. The average molecular weight is 233 g/mol. The molecule has 17 heavy (non-hydrogen) atoms. The predicted octanol–water partition coefficient (Wildman–Crippen LogP) is 1.77. The third kappa shape index (κ3) is 2.64. The van der Waals surface area contributed by atoms with E-state index in [1.807, 2.05) is 12.1 Å². The maximum absolute atomic E-state index is 10.8. The van der Waals surface area contributed by atoms with Crippen LogP contribution in [0.1, 0.15) is 41.6 Å². The summed E-state index contributed by atoms with van der Waals surface area (Å²) < 4.78 is 0. The van der Waals surface area contributed by atoms with Gasteiger partial charge in [-0.2, -0.15) is 0 Å². The Morgan fingerprint density at radius 3 is 2.29 bits per heavy atom. The van der Waals surface area contributed by atoms with E-state index in [0.29, 0.717) is 11.5 Å². The minimum Gasteiger partial charge on any atom is -0.478 e. The zero-order valence-corrected chi connectivity index (χ0v) is 9.64. The first kappa shape index (κ1) is 11.6. The number of benzene rings is 1. The highest BCUT2D eigenvalue weighted by molar-refractivity contribution is 5.87. The Morgan fingerprint density at radius 1 is 1.24 bits per heavy atom. The maximum Gasteiger partial charge on any atom is 0.335 e. The lowest BCUT2D eigenvalue weighted by Crippen LogP contribution is -2.42. The monoisotopic (exact) mass is 233 g/mol. The number of amides is 1. The molecule has 4 heteroatoms. The second kappa shape index (κ2) is 4.57. The molecule has 2 rings (SSSR count). The Kier molecular flexibility index (Phi) is 3.13. The van der Waals surface area contributed by atoms with E-state index in [1.165, 1.54) is 6.92 Å². The van der Waals surface area contributed by atoms with E-state index in [1.54, 1.807) is 12.1 Å². The lowest BCUT2D eigenvalue weighted by Gasteiger charge is -2.36. The van der Waals surface area contributed by atoms with Crippen LogP contribution in [0.2, 0.25) is 0 Å². The number of hydrogen-bond acceptors (Lipinski definition) is 2. The van der Waals surface area contributed by atoms with Crippen molar-refractivity contribution in [3.8, 4) is 0 Å². The number of nitrogens with one attached hydrogen (secondary N) is 1. The molecule has 0 bridgehead atoms. The molecule has 0 radical (unpaired) electrons. The van der Waals surface area contributed by atoms with Crippen molar-refractivity contribution in [1.29, 1.82) is 0 Å². The van der Waals surface area contributed by atoms with Crippen LogP contribution < -0.4 is 5.32 Å². The molecule has 0 saturated heterocycles. The molecule has 0 atom stereocenters. The van der Waals surface area contributed by atoms with Gasteiger partial charge in [-0.25, -0.2) is 4.79 Å². The van der Waals surface area contributed by atoms with E-state index in [9.17, 15) is 9.59 Å². The molecule has 4 nitrogen and oxygen atoms in total. The van der Waals surface area contributed by atoms with Gasteiger partial charge in [-0.05, 0) is 36.5 Å². The van der Waals surface area contributed by atoms with Crippen molar-refractivity contribution >= 4 is 11.9 Å². The van der Waals surface area contributed by atoms with Gasteiger partial charge in [0.15, 0.2) is 0 Å². The highest BCUT2D eigenvalue weighted by Gasteiger charge is 2.30. The SMILES string of the molecule is CC(=O)NC1CC(c2ccc(C(=O)O)cc2)C1. The molecule has 0 unspecified atom stereocenters. The van der Waals surface area contributed by atoms with Crippen molar-refractivity contribution in [3.63, 3.8) is 0 Å². The van der Waals surface area contributed by atoms with E-state index in [4.69, 9.17) is 5.11 Å². The molecule has 1 aliphatic carbocycles. The highest BCUT2D eigenvalue weighted by Crippen LogP contribution is 2.36. The Balaban J connectivity index is 1.93. The zero-order valence-electron chi connectivity index (χ0n) is 9.64. The van der Waals surface area contributed by atoms with Crippen molar-refractivity contribution in [2.45, 2.75) is 31.7 Å². The van der Waals surface area contributed by atoms with E-state index in [-0.39, 0.29) is 11.9 Å². The van der Waals surface area contributed by atoms with Gasteiger partial charge < -0.3 is 10.4 Å². The summed E-state index contributed by atoms with van der Waals surface area (Å²) in [5.41, 5.74) is 1.46. The van der Waals surface area contributed by atoms with Crippen LogP contribution in [-0.2, 0) is 4.79 Å². The van der Waals surface area contributed by atoms with Gasteiger partial charge in [0.1, 0.15) is 0 Å². The van der Waals surface area contributed by atoms with E-state index in [2.05, 4.69) is 5.32 Å². The number of carbonyl (C=O) groups is 2. The molecule has 90 valence electrons. The molecule has 0 spiro atoms. The largest absolute Gasteiger partial charge is 0.478 e. The summed E-state index contributed by atoms with van der Waals surface area (Å²) in [4.78, 5) is 21.5. The standard InChI is InChI=1S/C13H15NO3/c1-8(15)14-12-6-11(7-12)9-2-4-10(5-3-9)13(16)17/h2-5,11-12H,6-7H2,1H3,(H,14,15)(H,16,17). The molecule has 0 aliphatic heterocycles. The molecule has 0 aromatic heterocycles. The number of carbonyl (C=O) groups excluding carboxylic acids is 1. The first-order valence-electron chi connectivity index (χ1n) is 5.66. The fraction of sp³-hybridized carbons (Fsp3) is 0.385. The number of hydrogen-bond donors (Lipinski definition) is 2. The van der Waals surface area contributed by atoms with Crippen molar-refractivity contribution in [2.24, 2.45) is 0 Å². The molecule has 0 heterocycles. The lowest BCUT2D eigenvalue weighted by atomic mass is 9.76. The number of aromatic carboxylic acids is 1. The van der Waals surface area contributed by atoms with Crippen LogP contribution in [0.25, 0.3) is 0 Å². The molecule has 2 N–H and O–H groups in total. The molecule has 1 saturated carbocycles. The van der Waals surface area contributed by atoms with Crippen molar-refractivity contribution in [2.75, 3.05) is 0 Å². The first-order chi connectivity index (χ1) is 8.06. The number of rotatable bonds is 3. The minimum atomic E-state index is -0.902. The van der Waals surface area contributed by atoms with Gasteiger partial charge in [0.05, 0.1) is 5.56 Å². The van der Waals surface area contributed by atoms with Gasteiger partial charge in [0, 0.05) is 13.0 Å². The quantitative estimate of drug-likeness (QED) is 0.836. The molecule has 1 amide bonds. The maximum atomic E-state index is 10.8. The van der Waals surface area contributed by atoms with Crippen molar-refractivity contribution in [3.05, 3.63) is 35.4 Å². The van der Waals surface area contributed by atoms with Crippen molar-refractivity contribution < 1.29 is 14.7 Å². The lowest BCUT2D eigenvalue weighted by molar-refractivity contribution is -0.120. The van der Waals surface area contributed by atoms with Crippen LogP contribution in [-0.4, -0.2) is 23.0 Å². The molecule has 1 aromatic carbocycles. The van der Waals surface area contributed by atoms with Crippen LogP contribution >= 0.6 is 0 Å². The topological polar surface area (TPSA) is 66.4 Å². The second-order valence-corrected chi connectivity index (χ2v) is 4.49. The normalized spacial score (nSPS) is 22.6. The average Bonchev–Trinajstić information content (AvgIpc) is 2.23. The number of carboxylic acid groups (broad SMARTS) is 1. The van der Waals surface area contributed by atoms with Gasteiger partial charge in [-0.15, -0.1) is 0 Å². The summed E-state index contributed by atoms with van der Waals surface area (Å²) in [6.45, 7) is 1.52. The predicted molar refractivity (Wildman–Crippen MR) is 63.0 cm³/mol. The van der Waals surface area contributed by atoms with Crippen LogP contribution in [0.4, 0.5) is 0 Å². The number of carboxylic acids is 1. The zero-order chi connectivity index (χ0) is 12.4. The summed E-state index contributed by atoms with van der Waals surface area (Å²) >= 11 is 0. The molecule has 1 fully saturated rings. The van der Waals surface area contributed by atoms with Gasteiger partial charge in [0.25, 0.3) is 0 Å². The molecular weight excluding hydrogens is 218 g/mol. The van der Waals surface area contributed by atoms with Gasteiger partial charge in [0.2, 0.25) is 5.91 Å². The van der Waals surface area contributed by atoms with E-state index < -0.39 is 5.97 Å². The Morgan fingerprint density at radius 2 is 1.82 bits per heavy atom. The Bertz CT molecular complexity index is 432. The summed E-state index contributed by atoms with van der Waals surface area (Å²) in [5.74, 6) is -0.453. The van der Waals surface area contributed by atoms with Gasteiger partial charge in [-0.1, -0.05) is 12.1 Å². The Labute approximate surface area is 99.6 Å². The van der Waals surface area contributed by atoms with Crippen molar-refractivity contribution in [1.82, 2.24) is 5.32 Å². The van der Waals surface area contributed by atoms with Crippen LogP contribution in [0.5, 0.6) is 0 Å². The Hall–Kier alpha value is -1.84. The summed E-state index contributed by atoms with van der Waals surface area (Å²) in [6.07, 6.45) is 1.87. The van der Waals surface area contributed by atoms with Crippen LogP contribution in [0, 0.1) is 0 Å². The third-order valence-electron chi connectivity index (χ3n) is 3.17. The minimum absolute atomic E-state index is 0.00896. The van der Waals surface area contributed by atoms with E-state index >= 15 is 0 Å². The third-order valence-corrected chi connectivity index (χ3v) is 3.17. The smallest absolute Gasteiger partial charge is 0.335 e. The summed E-state index contributed by atoms with van der Waals surface area (Å²) in [6, 6.07) is 7.25. The summed E-state index contributed by atoms with van der Waals surface area (Å²) in [7, 11) is 0. The van der Waals surface area contributed by atoms with Crippen LogP contribution in [0.15, 0.2) is 24.3 Å².